The monoisotopic (exact) mass is 302 g/mol. The van der Waals surface area contributed by atoms with Crippen LogP contribution in [0.5, 0.6) is 5.75 Å². The van der Waals surface area contributed by atoms with Gasteiger partial charge < -0.3 is 10.1 Å². The summed E-state index contributed by atoms with van der Waals surface area (Å²) in [6, 6.07) is 8.32. The molecule has 0 saturated heterocycles. The summed E-state index contributed by atoms with van der Waals surface area (Å²) in [4.78, 5) is 4.92. The van der Waals surface area contributed by atoms with E-state index in [4.69, 9.17) is 9.72 Å². The van der Waals surface area contributed by atoms with Gasteiger partial charge in [0.15, 0.2) is 0 Å². The second-order valence-corrected chi connectivity index (χ2v) is 6.62. The summed E-state index contributed by atoms with van der Waals surface area (Å²) in [6.45, 7) is 8.16. The number of rotatable bonds is 4. The highest BCUT2D eigenvalue weighted by atomic mass is 32.1. The third-order valence-electron chi connectivity index (χ3n) is 4.04. The molecule has 1 unspecified atom stereocenters. The topological polar surface area (TPSA) is 34.2 Å². The third-order valence-corrected chi connectivity index (χ3v) is 5.06. The molecule has 1 atom stereocenters. The van der Waals surface area contributed by atoms with E-state index in [0.717, 1.165) is 30.3 Å². The molecule has 0 aliphatic carbocycles. The maximum Gasteiger partial charge on any atom is 0.124 e. The number of benzene rings is 1. The summed E-state index contributed by atoms with van der Waals surface area (Å²) in [5.74, 6) is 1.44. The van der Waals surface area contributed by atoms with Crippen molar-refractivity contribution in [2.24, 2.45) is 0 Å². The van der Waals surface area contributed by atoms with Crippen LogP contribution in [-0.4, -0.2) is 18.1 Å². The van der Waals surface area contributed by atoms with E-state index in [1.807, 2.05) is 6.07 Å². The highest BCUT2D eigenvalue weighted by molar-refractivity contribution is 7.09. The van der Waals surface area contributed by atoms with Gasteiger partial charge in [-0.15, -0.1) is 11.3 Å². The minimum absolute atomic E-state index is 0.207. The zero-order valence-electron chi connectivity index (χ0n) is 12.8. The van der Waals surface area contributed by atoms with Crippen LogP contribution in [0, 0.1) is 0 Å². The molecule has 1 aromatic heterocycles. The van der Waals surface area contributed by atoms with Crippen molar-refractivity contribution in [3.63, 3.8) is 0 Å². The number of fused-ring (bicyclic) bond motifs is 1. The first-order valence-corrected chi connectivity index (χ1v) is 8.48. The first kappa shape index (κ1) is 14.5. The van der Waals surface area contributed by atoms with E-state index < -0.39 is 0 Å². The molecule has 0 amide bonds. The van der Waals surface area contributed by atoms with Crippen molar-refractivity contribution >= 4 is 11.3 Å². The van der Waals surface area contributed by atoms with Crippen LogP contribution >= 0.6 is 11.3 Å². The minimum atomic E-state index is -0.207. The van der Waals surface area contributed by atoms with Gasteiger partial charge in [-0.05, 0) is 18.5 Å². The van der Waals surface area contributed by atoms with E-state index in [1.54, 1.807) is 11.3 Å². The fourth-order valence-corrected chi connectivity index (χ4v) is 4.13. The molecule has 2 aromatic rings. The molecule has 112 valence electrons. The van der Waals surface area contributed by atoms with Crippen molar-refractivity contribution in [1.29, 1.82) is 0 Å². The van der Waals surface area contributed by atoms with Crippen LogP contribution in [0.3, 0.4) is 0 Å². The van der Waals surface area contributed by atoms with Gasteiger partial charge in [-0.3, -0.25) is 0 Å². The molecule has 1 N–H and O–H groups in total. The number of thiazole rings is 1. The normalized spacial score (nSPS) is 21.1. The smallest absolute Gasteiger partial charge is 0.124 e. The van der Waals surface area contributed by atoms with Crippen molar-refractivity contribution in [2.45, 2.75) is 38.6 Å². The first-order chi connectivity index (χ1) is 10.2. The number of aromatic nitrogens is 1. The summed E-state index contributed by atoms with van der Waals surface area (Å²) in [7, 11) is 0. The molecule has 0 bridgehead atoms. The maximum atomic E-state index is 5.84. The van der Waals surface area contributed by atoms with Crippen LogP contribution in [0.2, 0.25) is 0 Å². The Morgan fingerprint density at radius 2 is 2.19 bits per heavy atom. The van der Waals surface area contributed by atoms with E-state index in [2.05, 4.69) is 49.7 Å². The van der Waals surface area contributed by atoms with Crippen molar-refractivity contribution in [3.05, 3.63) is 45.9 Å². The molecule has 0 radical (unpaired) electrons. The van der Waals surface area contributed by atoms with Crippen LogP contribution < -0.4 is 10.1 Å². The summed E-state index contributed by atoms with van der Waals surface area (Å²) < 4.78 is 5.84. The van der Waals surface area contributed by atoms with E-state index in [1.165, 1.54) is 11.3 Å². The number of para-hydroxylation sites is 1. The lowest BCUT2D eigenvalue weighted by atomic mass is 9.84. The average Bonchev–Trinajstić information content (AvgIpc) is 2.98. The summed E-state index contributed by atoms with van der Waals surface area (Å²) >= 11 is 1.76. The lowest BCUT2D eigenvalue weighted by molar-refractivity contribution is 0.212. The highest BCUT2D eigenvalue weighted by Gasteiger charge is 2.41. The lowest BCUT2D eigenvalue weighted by Crippen LogP contribution is -2.46. The maximum absolute atomic E-state index is 5.84. The highest BCUT2D eigenvalue weighted by Crippen LogP contribution is 2.43. The van der Waals surface area contributed by atoms with Gasteiger partial charge in [-0.2, -0.15) is 0 Å². The van der Waals surface area contributed by atoms with Gasteiger partial charge in [0.1, 0.15) is 16.3 Å². The van der Waals surface area contributed by atoms with Crippen molar-refractivity contribution < 1.29 is 4.74 Å². The Balaban J connectivity index is 2.12. The van der Waals surface area contributed by atoms with Crippen molar-refractivity contribution in [1.82, 2.24) is 10.3 Å². The largest absolute Gasteiger partial charge is 0.493 e. The minimum Gasteiger partial charge on any atom is -0.493 e. The number of nitrogens with zero attached hydrogens (tertiary/aromatic N) is 1. The van der Waals surface area contributed by atoms with E-state index >= 15 is 0 Å². The van der Waals surface area contributed by atoms with Crippen LogP contribution in [0.1, 0.15) is 49.4 Å². The molecular weight excluding hydrogens is 280 g/mol. The lowest BCUT2D eigenvalue weighted by Gasteiger charge is -2.38. The van der Waals surface area contributed by atoms with E-state index in [-0.39, 0.29) is 5.54 Å². The Morgan fingerprint density at radius 3 is 2.90 bits per heavy atom. The molecular formula is C17H22N2OS. The van der Waals surface area contributed by atoms with Gasteiger partial charge >= 0.3 is 0 Å². The molecule has 0 saturated carbocycles. The second-order valence-electron chi connectivity index (χ2n) is 5.76. The Labute approximate surface area is 130 Å². The van der Waals surface area contributed by atoms with Crippen LogP contribution in [0.25, 0.3) is 0 Å². The van der Waals surface area contributed by atoms with E-state index in [0.29, 0.717) is 5.92 Å². The van der Waals surface area contributed by atoms with Gasteiger partial charge in [0, 0.05) is 17.4 Å². The molecule has 0 fully saturated rings. The SMILES string of the molecule is CCNC1(c2nc(C(C)C)cs2)CCOc2ccccc21. The molecule has 2 heterocycles. The zero-order chi connectivity index (χ0) is 14.9. The predicted octanol–water partition coefficient (Wildman–Crippen LogP) is 3.90. The second kappa shape index (κ2) is 5.78. The third kappa shape index (κ3) is 2.47. The van der Waals surface area contributed by atoms with Gasteiger partial charge in [0.25, 0.3) is 0 Å². The Morgan fingerprint density at radius 1 is 1.38 bits per heavy atom. The zero-order valence-corrected chi connectivity index (χ0v) is 13.7. The summed E-state index contributed by atoms with van der Waals surface area (Å²) in [6.07, 6.45) is 0.920. The molecule has 4 heteroatoms. The number of hydrogen-bond donors (Lipinski definition) is 1. The number of nitrogens with one attached hydrogen (secondary N) is 1. The predicted molar refractivity (Wildman–Crippen MR) is 87.2 cm³/mol. The molecule has 1 aromatic carbocycles. The standard InChI is InChI=1S/C17H22N2OS/c1-4-18-17(16-19-14(11-21-16)12(2)3)9-10-20-15-8-6-5-7-13(15)17/h5-8,11-12,18H,4,9-10H2,1-3H3. The van der Waals surface area contributed by atoms with Gasteiger partial charge in [-0.25, -0.2) is 4.98 Å². The molecule has 1 aliphatic heterocycles. The van der Waals surface area contributed by atoms with Crippen molar-refractivity contribution in [2.75, 3.05) is 13.2 Å². The van der Waals surface area contributed by atoms with Gasteiger partial charge in [0.05, 0.1) is 12.3 Å². The first-order valence-electron chi connectivity index (χ1n) is 7.60. The molecule has 3 rings (SSSR count). The van der Waals surface area contributed by atoms with Crippen LogP contribution in [0.15, 0.2) is 29.6 Å². The number of hydrogen-bond acceptors (Lipinski definition) is 4. The Kier molecular flexibility index (Phi) is 4.00. The molecule has 3 nitrogen and oxygen atoms in total. The summed E-state index contributed by atoms with van der Waals surface area (Å²) in [5.41, 5.74) is 2.18. The van der Waals surface area contributed by atoms with Crippen LogP contribution in [0.4, 0.5) is 0 Å². The fraction of sp³-hybridized carbons (Fsp3) is 0.471. The van der Waals surface area contributed by atoms with Crippen LogP contribution in [-0.2, 0) is 5.54 Å². The molecule has 0 spiro atoms. The van der Waals surface area contributed by atoms with Gasteiger partial charge in [0.2, 0.25) is 0 Å². The Hall–Kier alpha value is -1.39. The van der Waals surface area contributed by atoms with E-state index in [9.17, 15) is 0 Å². The average molecular weight is 302 g/mol. The fourth-order valence-electron chi connectivity index (χ4n) is 2.92. The number of ether oxygens (including phenoxy) is 1. The Bertz CT molecular complexity index is 623. The quantitative estimate of drug-likeness (QED) is 0.930. The summed E-state index contributed by atoms with van der Waals surface area (Å²) in [5, 5.41) is 7.04. The molecule has 1 aliphatic rings. The molecule has 21 heavy (non-hydrogen) atoms. The van der Waals surface area contributed by atoms with Gasteiger partial charge in [-0.1, -0.05) is 39.0 Å². The van der Waals surface area contributed by atoms with Crippen molar-refractivity contribution in [3.8, 4) is 5.75 Å².